The molecule has 0 radical (unpaired) electrons. The molecule has 112 valence electrons. The van der Waals surface area contributed by atoms with Gasteiger partial charge in [0.15, 0.2) is 0 Å². The lowest BCUT2D eigenvalue weighted by Gasteiger charge is -2.10. The number of phenols is 1. The Balaban J connectivity index is 3.10. The second-order valence-corrected chi connectivity index (χ2v) is 3.66. The van der Waals surface area contributed by atoms with E-state index < -0.39 is 22.6 Å². The zero-order chi connectivity index (χ0) is 16.0. The van der Waals surface area contributed by atoms with E-state index in [9.17, 15) is 24.8 Å². The number of aromatic hydroxyl groups is 1. The van der Waals surface area contributed by atoms with Crippen molar-refractivity contribution in [3.05, 3.63) is 40.1 Å². The van der Waals surface area contributed by atoms with Gasteiger partial charge >= 0.3 is 11.9 Å². The van der Waals surface area contributed by atoms with Crippen LogP contribution in [0.25, 0.3) is 0 Å². The number of anilines is 1. The predicted octanol–water partition coefficient (Wildman–Crippen LogP) is 0.942. The number of ether oxygens (including phenoxy) is 2. The molecule has 0 fully saturated rings. The van der Waals surface area contributed by atoms with Crippen molar-refractivity contribution in [2.24, 2.45) is 0 Å². The van der Waals surface area contributed by atoms with Crippen LogP contribution in [0.4, 0.5) is 11.4 Å². The molecule has 9 heteroatoms. The fourth-order valence-corrected chi connectivity index (χ4v) is 1.32. The van der Waals surface area contributed by atoms with E-state index in [1.54, 1.807) is 0 Å². The van der Waals surface area contributed by atoms with E-state index in [4.69, 9.17) is 0 Å². The van der Waals surface area contributed by atoms with E-state index >= 15 is 0 Å². The molecule has 0 spiro atoms. The van der Waals surface area contributed by atoms with Crippen molar-refractivity contribution in [2.75, 3.05) is 19.5 Å². The van der Waals surface area contributed by atoms with Crippen molar-refractivity contribution in [3.8, 4) is 5.75 Å². The minimum atomic E-state index is -0.877. The van der Waals surface area contributed by atoms with E-state index in [1.807, 2.05) is 0 Å². The van der Waals surface area contributed by atoms with E-state index in [0.717, 1.165) is 32.4 Å². The molecule has 0 aliphatic heterocycles. The average Bonchev–Trinajstić information content (AvgIpc) is 2.46. The number of rotatable bonds is 5. The second kappa shape index (κ2) is 6.89. The normalized spacial score (nSPS) is 10.7. The van der Waals surface area contributed by atoms with Crippen molar-refractivity contribution in [1.82, 2.24) is 0 Å². The number of methoxy groups -OCH3 is 2. The Morgan fingerprint density at radius 1 is 1.33 bits per heavy atom. The third-order valence-corrected chi connectivity index (χ3v) is 2.33. The van der Waals surface area contributed by atoms with Crippen LogP contribution in [0.2, 0.25) is 0 Å². The number of nitro groups is 1. The summed E-state index contributed by atoms with van der Waals surface area (Å²) in [5.74, 6) is -2.16. The topological polar surface area (TPSA) is 128 Å². The van der Waals surface area contributed by atoms with Gasteiger partial charge in [0.05, 0.1) is 37.0 Å². The summed E-state index contributed by atoms with van der Waals surface area (Å²) < 4.78 is 8.84. The molecule has 0 unspecified atom stereocenters. The van der Waals surface area contributed by atoms with Crippen LogP contribution in [0.15, 0.2) is 30.0 Å². The van der Waals surface area contributed by atoms with Gasteiger partial charge in [-0.25, -0.2) is 9.59 Å². The number of phenolic OH excluding ortho intramolecular Hbond substituents is 1. The van der Waals surface area contributed by atoms with Crippen molar-refractivity contribution in [2.45, 2.75) is 0 Å². The number of hydrogen-bond acceptors (Lipinski definition) is 8. The minimum absolute atomic E-state index is 0.0128. The molecule has 0 aromatic heterocycles. The SMILES string of the molecule is COC(=O)/C=C(/Nc1ccc([N+](=O)[O-])cc1O)C(=O)OC. The zero-order valence-electron chi connectivity index (χ0n) is 11.2. The summed E-state index contributed by atoms with van der Waals surface area (Å²) in [5, 5.41) is 22.7. The first-order valence-corrected chi connectivity index (χ1v) is 5.51. The summed E-state index contributed by atoms with van der Waals surface area (Å²) in [6.07, 6.45) is 0.826. The summed E-state index contributed by atoms with van der Waals surface area (Å²) in [6.45, 7) is 0. The van der Waals surface area contributed by atoms with E-state index in [1.165, 1.54) is 6.07 Å². The number of non-ortho nitro benzene ring substituents is 1. The Hall–Kier alpha value is -3.10. The standard InChI is InChI=1S/C12H12N2O7/c1-20-11(16)6-9(12(17)21-2)13-8-4-3-7(14(18)19)5-10(8)15/h3-6,13,15H,1-2H3/b9-6+. The molecule has 0 aliphatic carbocycles. The number of hydrogen-bond donors (Lipinski definition) is 2. The molecule has 0 atom stereocenters. The van der Waals surface area contributed by atoms with Crippen LogP contribution in [0.5, 0.6) is 5.75 Å². The van der Waals surface area contributed by atoms with E-state index in [0.29, 0.717) is 0 Å². The first-order chi connectivity index (χ1) is 9.88. The van der Waals surface area contributed by atoms with Gasteiger partial charge < -0.3 is 19.9 Å². The van der Waals surface area contributed by atoms with Crippen LogP contribution < -0.4 is 5.32 Å². The van der Waals surface area contributed by atoms with E-state index in [2.05, 4.69) is 14.8 Å². The molecular weight excluding hydrogens is 284 g/mol. The highest BCUT2D eigenvalue weighted by molar-refractivity contribution is 5.99. The van der Waals surface area contributed by atoms with Gasteiger partial charge in [-0.2, -0.15) is 0 Å². The molecule has 21 heavy (non-hydrogen) atoms. The Labute approximate surface area is 118 Å². The maximum Gasteiger partial charge on any atom is 0.354 e. The average molecular weight is 296 g/mol. The van der Waals surface area contributed by atoms with Gasteiger partial charge in [0.25, 0.3) is 5.69 Å². The second-order valence-electron chi connectivity index (χ2n) is 3.66. The van der Waals surface area contributed by atoms with Gasteiger partial charge in [0.2, 0.25) is 0 Å². The molecule has 0 bridgehead atoms. The maximum atomic E-state index is 11.5. The Morgan fingerprint density at radius 3 is 2.48 bits per heavy atom. The number of benzene rings is 1. The summed E-state index contributed by atoms with van der Waals surface area (Å²) in [7, 11) is 2.22. The lowest BCUT2D eigenvalue weighted by atomic mass is 10.2. The van der Waals surface area contributed by atoms with Crippen molar-refractivity contribution in [3.63, 3.8) is 0 Å². The Kier molecular flexibility index (Phi) is 5.24. The first kappa shape index (κ1) is 16.0. The highest BCUT2D eigenvalue weighted by Gasteiger charge is 2.16. The van der Waals surface area contributed by atoms with Crippen molar-refractivity contribution < 1.29 is 29.1 Å². The Morgan fingerprint density at radius 2 is 2.00 bits per heavy atom. The first-order valence-electron chi connectivity index (χ1n) is 5.51. The predicted molar refractivity (Wildman–Crippen MR) is 70.5 cm³/mol. The molecule has 0 amide bonds. The molecular formula is C12H12N2O7. The number of carbonyl (C=O) groups excluding carboxylic acids is 2. The van der Waals surface area contributed by atoms with Crippen molar-refractivity contribution >= 4 is 23.3 Å². The molecule has 1 aromatic carbocycles. The van der Waals surface area contributed by atoms with Crippen LogP contribution in [-0.2, 0) is 19.1 Å². The molecule has 0 aliphatic rings. The van der Waals surface area contributed by atoms with Crippen LogP contribution in [-0.4, -0.2) is 36.2 Å². The molecule has 0 saturated carbocycles. The van der Waals surface area contributed by atoms with Gasteiger partial charge in [0.1, 0.15) is 11.4 Å². The van der Waals surface area contributed by atoms with Crippen LogP contribution >= 0.6 is 0 Å². The highest BCUT2D eigenvalue weighted by Crippen LogP contribution is 2.28. The largest absolute Gasteiger partial charge is 0.506 e. The van der Waals surface area contributed by atoms with Gasteiger partial charge in [-0.05, 0) is 6.07 Å². The number of nitrogens with one attached hydrogen (secondary N) is 1. The quantitative estimate of drug-likeness (QED) is 0.270. The molecule has 2 N–H and O–H groups in total. The maximum absolute atomic E-state index is 11.5. The zero-order valence-corrected chi connectivity index (χ0v) is 11.2. The molecule has 9 nitrogen and oxygen atoms in total. The lowest BCUT2D eigenvalue weighted by molar-refractivity contribution is -0.384. The van der Waals surface area contributed by atoms with Crippen LogP contribution in [0.3, 0.4) is 0 Å². The lowest BCUT2D eigenvalue weighted by Crippen LogP contribution is -2.15. The van der Waals surface area contributed by atoms with Crippen LogP contribution in [0.1, 0.15) is 0 Å². The fraction of sp³-hybridized carbons (Fsp3) is 0.167. The smallest absolute Gasteiger partial charge is 0.354 e. The van der Waals surface area contributed by atoms with Gasteiger partial charge in [0, 0.05) is 6.07 Å². The van der Waals surface area contributed by atoms with E-state index in [-0.39, 0.29) is 17.1 Å². The van der Waals surface area contributed by atoms with Gasteiger partial charge in [-0.1, -0.05) is 0 Å². The van der Waals surface area contributed by atoms with Crippen molar-refractivity contribution in [1.29, 1.82) is 0 Å². The third-order valence-electron chi connectivity index (χ3n) is 2.33. The minimum Gasteiger partial charge on any atom is -0.506 e. The Bertz CT molecular complexity index is 610. The van der Waals surface area contributed by atoms with Gasteiger partial charge in [-0.15, -0.1) is 0 Å². The number of nitrogens with zero attached hydrogens (tertiary/aromatic N) is 1. The van der Waals surface area contributed by atoms with Crippen LogP contribution in [0, 0.1) is 10.1 Å². The summed E-state index contributed by atoms with van der Waals surface area (Å²) in [4.78, 5) is 32.5. The number of esters is 2. The fourth-order valence-electron chi connectivity index (χ4n) is 1.32. The molecule has 0 saturated heterocycles. The van der Waals surface area contributed by atoms with Gasteiger partial charge in [-0.3, -0.25) is 10.1 Å². The number of carbonyl (C=O) groups is 2. The summed E-state index contributed by atoms with van der Waals surface area (Å²) in [6, 6.07) is 3.20. The monoisotopic (exact) mass is 296 g/mol. The molecule has 0 heterocycles. The highest BCUT2D eigenvalue weighted by atomic mass is 16.6. The number of nitro benzene ring substituents is 1. The third kappa shape index (κ3) is 4.20. The molecule has 1 rings (SSSR count). The summed E-state index contributed by atoms with van der Waals surface area (Å²) >= 11 is 0. The summed E-state index contributed by atoms with van der Waals surface area (Å²) in [5.41, 5.74) is -0.635. The molecule has 1 aromatic rings.